The largest absolute Gasteiger partial charge is 0.496 e. The Bertz CT molecular complexity index is 2320. The third kappa shape index (κ3) is 7.99. The Kier molecular flexibility index (Phi) is 10.5. The van der Waals surface area contributed by atoms with E-state index in [9.17, 15) is 27.6 Å². The molecule has 2 aromatic heterocycles. The van der Waals surface area contributed by atoms with Gasteiger partial charge in [-0.1, -0.05) is 25.0 Å². The third-order valence-electron chi connectivity index (χ3n) is 12.7. The van der Waals surface area contributed by atoms with Crippen molar-refractivity contribution in [3.05, 3.63) is 47.0 Å². The van der Waals surface area contributed by atoms with Gasteiger partial charge in [0.1, 0.15) is 45.9 Å². The number of sulfonamides is 1. The number of allylic oxidation sites excluding steroid dienone is 1. The zero-order chi connectivity index (χ0) is 41.1. The molecule has 15 nitrogen and oxygen atoms in total. The number of urea groups is 1. The molecule has 5 fully saturated rings. The molecule has 314 valence electrons. The average molecular weight is 846 g/mol. The van der Waals surface area contributed by atoms with Crippen molar-refractivity contribution < 1.29 is 37.1 Å². The number of hydrogen-bond acceptors (Lipinski definition) is 11. The van der Waals surface area contributed by atoms with Gasteiger partial charge in [-0.15, -0.1) is 11.3 Å². The molecule has 3 saturated carbocycles. The summed E-state index contributed by atoms with van der Waals surface area (Å²) in [5.41, 5.74) is 1.71. The number of amides is 5. The first-order valence-electron chi connectivity index (χ1n) is 21.0. The van der Waals surface area contributed by atoms with Gasteiger partial charge >= 0.3 is 6.03 Å². The number of carbonyl (C=O) groups is 4. The van der Waals surface area contributed by atoms with Crippen molar-refractivity contribution in [3.8, 4) is 22.2 Å². The van der Waals surface area contributed by atoms with Crippen molar-refractivity contribution in [3.63, 3.8) is 0 Å². The van der Waals surface area contributed by atoms with Gasteiger partial charge in [0.15, 0.2) is 0 Å². The maximum Gasteiger partial charge on any atom is 0.318 e. The number of benzene rings is 1. The van der Waals surface area contributed by atoms with E-state index in [1.807, 2.05) is 37.3 Å². The SMILES string of the molecule is COc1ccc2c(O[C@@H]3C[C@H]4C(=O)N[C@]5(C(=O)NS(=O)(=O)C6CC6)CC5/C=C\CCCCCC(NC(=O)N5CCC5)C(=O)N4C3)cc(-c3nc(C4CC4)cs3)nc2c1C. The van der Waals surface area contributed by atoms with E-state index in [0.717, 1.165) is 60.2 Å². The van der Waals surface area contributed by atoms with Crippen LogP contribution in [0.15, 0.2) is 35.7 Å². The summed E-state index contributed by atoms with van der Waals surface area (Å²) in [4.78, 5) is 69.6. The van der Waals surface area contributed by atoms with Gasteiger partial charge in [-0.3, -0.25) is 19.1 Å². The van der Waals surface area contributed by atoms with Gasteiger partial charge in [-0.05, 0) is 76.8 Å². The Balaban J connectivity index is 1.05. The lowest BCUT2D eigenvalue weighted by Gasteiger charge is -2.34. The van der Waals surface area contributed by atoms with E-state index in [-0.39, 0.29) is 25.4 Å². The molecule has 1 aromatic carbocycles. The third-order valence-corrected chi connectivity index (χ3v) is 15.4. The topological polar surface area (TPSA) is 189 Å². The summed E-state index contributed by atoms with van der Waals surface area (Å²) < 4.78 is 40.6. The number of aryl methyl sites for hydroxylation is 1. The summed E-state index contributed by atoms with van der Waals surface area (Å²) in [7, 11) is -2.28. The number of thiazole rings is 1. The molecule has 2 saturated heterocycles. The molecule has 3 aromatic rings. The van der Waals surface area contributed by atoms with Gasteiger partial charge in [-0.25, -0.2) is 23.2 Å². The molecule has 9 rings (SSSR count). The van der Waals surface area contributed by atoms with E-state index in [1.165, 1.54) is 16.2 Å². The van der Waals surface area contributed by atoms with Crippen molar-refractivity contribution in [2.75, 3.05) is 26.7 Å². The summed E-state index contributed by atoms with van der Waals surface area (Å²) >= 11 is 1.53. The van der Waals surface area contributed by atoms with Crippen LogP contribution in [-0.4, -0.2) is 108 Å². The summed E-state index contributed by atoms with van der Waals surface area (Å²) in [5, 5.41) is 8.86. The van der Waals surface area contributed by atoms with E-state index in [2.05, 4.69) is 20.7 Å². The van der Waals surface area contributed by atoms with Crippen LogP contribution in [0, 0.1) is 12.8 Å². The highest BCUT2D eigenvalue weighted by atomic mass is 32.2. The van der Waals surface area contributed by atoms with E-state index in [4.69, 9.17) is 19.4 Å². The first kappa shape index (κ1) is 39.7. The van der Waals surface area contributed by atoms with Crippen LogP contribution < -0.4 is 24.8 Å². The molecule has 5 atom stereocenters. The number of nitrogens with one attached hydrogen (secondary N) is 3. The van der Waals surface area contributed by atoms with Crippen LogP contribution in [0.4, 0.5) is 4.79 Å². The minimum absolute atomic E-state index is 0.0307. The fourth-order valence-electron chi connectivity index (χ4n) is 8.56. The Hall–Kier alpha value is -4.77. The standard InChI is InChI=1S/C42H51N7O8S2/c1-24-34(56-2)16-15-29-35(20-31(43-36(24)29)38-44-32(23-58-38)25-11-12-25)57-27-19-33-37(50)46-42(40(52)47-59(54,55)28-13-14-28)21-26(42)9-6-4-3-5-7-10-30(39(51)49(33)22-27)45-41(53)48-17-8-18-48/h6,9,15-16,20,23,25-28,30,33H,3-5,7-8,10-14,17-19,21-22H2,1-2H3,(H,45,53)(H,46,50)(H,47,52)/b9-6-/t26?,27-,30?,33+,42-/m1/s1. The number of ether oxygens (including phenoxy) is 2. The van der Waals surface area contributed by atoms with E-state index in [1.54, 1.807) is 12.0 Å². The van der Waals surface area contributed by atoms with Crippen molar-refractivity contribution in [2.45, 2.75) is 119 Å². The fourth-order valence-corrected chi connectivity index (χ4v) is 10.8. The number of pyridine rings is 1. The molecule has 0 bridgehead atoms. The molecule has 17 heteroatoms. The van der Waals surface area contributed by atoms with Gasteiger partial charge < -0.3 is 29.9 Å². The van der Waals surface area contributed by atoms with E-state index < -0.39 is 62.6 Å². The molecule has 5 amide bonds. The Morgan fingerprint density at radius 1 is 1.02 bits per heavy atom. The van der Waals surface area contributed by atoms with Crippen molar-refractivity contribution >= 4 is 56.0 Å². The van der Waals surface area contributed by atoms with Gasteiger partial charge in [0.05, 0.1) is 30.1 Å². The quantitative estimate of drug-likeness (QED) is 0.255. The monoisotopic (exact) mass is 845 g/mol. The molecule has 5 heterocycles. The smallest absolute Gasteiger partial charge is 0.318 e. The molecule has 3 aliphatic carbocycles. The molecule has 0 spiro atoms. The first-order chi connectivity index (χ1) is 28.4. The molecule has 2 unspecified atom stereocenters. The van der Waals surface area contributed by atoms with Crippen LogP contribution in [0.1, 0.15) is 94.2 Å². The van der Waals surface area contributed by atoms with E-state index >= 15 is 0 Å². The molecule has 6 aliphatic rings. The summed E-state index contributed by atoms with van der Waals surface area (Å²) in [5.74, 6) is -0.526. The molecule has 59 heavy (non-hydrogen) atoms. The maximum atomic E-state index is 14.7. The lowest BCUT2D eigenvalue weighted by molar-refractivity contribution is -0.141. The highest BCUT2D eigenvalue weighted by molar-refractivity contribution is 7.91. The number of methoxy groups -OCH3 is 1. The average Bonchev–Trinajstić information content (AvgIpc) is 4.14. The number of aromatic nitrogens is 2. The maximum absolute atomic E-state index is 14.7. The Labute approximate surface area is 347 Å². The Morgan fingerprint density at radius 3 is 2.56 bits per heavy atom. The highest BCUT2D eigenvalue weighted by Gasteiger charge is 2.62. The second kappa shape index (κ2) is 15.7. The predicted octanol–water partition coefficient (Wildman–Crippen LogP) is 4.69. The predicted molar refractivity (Wildman–Crippen MR) is 220 cm³/mol. The first-order valence-corrected chi connectivity index (χ1v) is 23.4. The lowest BCUT2D eigenvalue weighted by atomic mass is 10.0. The van der Waals surface area contributed by atoms with Gasteiger partial charge in [0, 0.05) is 53.7 Å². The number of rotatable bonds is 9. The van der Waals surface area contributed by atoms with E-state index in [0.29, 0.717) is 67.4 Å². The van der Waals surface area contributed by atoms with Crippen LogP contribution in [0.5, 0.6) is 11.5 Å². The normalized spacial score (nSPS) is 28.0. The number of nitrogens with zero attached hydrogens (tertiary/aromatic N) is 4. The van der Waals surface area contributed by atoms with Crippen LogP contribution in [0.3, 0.4) is 0 Å². The molecular formula is C42H51N7O8S2. The fraction of sp³-hybridized carbons (Fsp3) is 0.571. The molecule has 3 aliphatic heterocycles. The molecular weight excluding hydrogens is 795 g/mol. The van der Waals surface area contributed by atoms with Crippen molar-refractivity contribution in [1.82, 2.24) is 35.1 Å². The lowest BCUT2D eigenvalue weighted by Crippen LogP contribution is -2.59. The summed E-state index contributed by atoms with van der Waals surface area (Å²) in [6.07, 6.45) is 11.0. The second-order valence-corrected chi connectivity index (χ2v) is 19.8. The summed E-state index contributed by atoms with van der Waals surface area (Å²) in [6, 6.07) is 3.32. The zero-order valence-electron chi connectivity index (χ0n) is 33.4. The van der Waals surface area contributed by atoms with Crippen molar-refractivity contribution in [1.29, 1.82) is 0 Å². The number of hydrogen-bond donors (Lipinski definition) is 3. The number of carbonyl (C=O) groups excluding carboxylic acids is 4. The minimum atomic E-state index is -3.89. The number of likely N-dealkylation sites (tertiary alicyclic amines) is 1. The summed E-state index contributed by atoms with van der Waals surface area (Å²) in [6.45, 7) is 3.19. The Morgan fingerprint density at radius 2 is 1.83 bits per heavy atom. The molecule has 0 radical (unpaired) electrons. The van der Waals surface area contributed by atoms with Crippen LogP contribution in [0.25, 0.3) is 21.6 Å². The van der Waals surface area contributed by atoms with Crippen LogP contribution in [-0.2, 0) is 24.4 Å². The van der Waals surface area contributed by atoms with Crippen molar-refractivity contribution in [2.24, 2.45) is 5.92 Å². The van der Waals surface area contributed by atoms with Crippen LogP contribution in [0.2, 0.25) is 0 Å². The highest BCUT2D eigenvalue weighted by Crippen LogP contribution is 2.47. The second-order valence-electron chi connectivity index (χ2n) is 17.0. The van der Waals surface area contributed by atoms with Gasteiger partial charge in [0.25, 0.3) is 5.91 Å². The minimum Gasteiger partial charge on any atom is -0.496 e. The molecule has 3 N–H and O–H groups in total. The number of fused-ring (bicyclic) bond motifs is 3. The van der Waals surface area contributed by atoms with Gasteiger partial charge in [0.2, 0.25) is 21.8 Å². The van der Waals surface area contributed by atoms with Gasteiger partial charge in [-0.2, -0.15) is 0 Å². The van der Waals surface area contributed by atoms with Crippen LogP contribution >= 0.6 is 11.3 Å². The zero-order valence-corrected chi connectivity index (χ0v) is 35.0.